The van der Waals surface area contributed by atoms with Crippen LogP contribution in [-0.2, 0) is 0 Å². The maximum absolute atomic E-state index is 3.50. The molecule has 1 atom stereocenters. The quantitative estimate of drug-likeness (QED) is 0.826. The summed E-state index contributed by atoms with van der Waals surface area (Å²) in [6.07, 6.45) is 0.838. The van der Waals surface area contributed by atoms with Crippen molar-refractivity contribution < 1.29 is 0 Å². The summed E-state index contributed by atoms with van der Waals surface area (Å²) in [6, 6.07) is 8.66. The first kappa shape index (κ1) is 14.3. The largest absolute Gasteiger partial charge is 0.312 e. The third kappa shape index (κ3) is 5.39. The van der Waals surface area contributed by atoms with Crippen molar-refractivity contribution in [2.24, 2.45) is 5.41 Å². The fraction of sp³-hybridized carbons (Fsp3) is 0.467. The molecule has 0 bridgehead atoms. The Morgan fingerprint density at radius 2 is 2.06 bits per heavy atom. The van der Waals surface area contributed by atoms with Crippen molar-refractivity contribution >= 4 is 15.9 Å². The van der Waals surface area contributed by atoms with E-state index in [1.54, 1.807) is 0 Å². The normalized spacial score (nSPS) is 12.8. The molecule has 0 aromatic heterocycles. The van der Waals surface area contributed by atoms with Crippen LogP contribution < -0.4 is 5.32 Å². The fourth-order valence-corrected chi connectivity index (χ4v) is 1.95. The molecule has 1 aromatic rings. The summed E-state index contributed by atoms with van der Waals surface area (Å²) in [5.74, 6) is 6.54. The lowest BCUT2D eigenvalue weighted by atomic mass is 9.97. The van der Waals surface area contributed by atoms with E-state index in [4.69, 9.17) is 0 Å². The Morgan fingerprint density at radius 1 is 1.35 bits per heavy atom. The molecule has 0 aliphatic carbocycles. The highest BCUT2D eigenvalue weighted by atomic mass is 79.9. The molecule has 0 radical (unpaired) electrons. The van der Waals surface area contributed by atoms with Crippen molar-refractivity contribution in [2.75, 3.05) is 7.05 Å². The van der Waals surface area contributed by atoms with Crippen molar-refractivity contribution in [1.29, 1.82) is 0 Å². The summed E-state index contributed by atoms with van der Waals surface area (Å²) in [7, 11) is 1.98. The third-order valence-electron chi connectivity index (χ3n) is 2.37. The predicted octanol–water partition coefficient (Wildman–Crippen LogP) is 4.15. The number of nitrogens with one attached hydrogen (secondary N) is 1. The summed E-state index contributed by atoms with van der Waals surface area (Å²) in [5, 5.41) is 3.31. The Morgan fingerprint density at radius 3 is 2.59 bits per heavy atom. The van der Waals surface area contributed by atoms with Gasteiger partial charge in [0.25, 0.3) is 0 Å². The molecule has 0 saturated carbocycles. The Labute approximate surface area is 113 Å². The molecule has 92 valence electrons. The van der Waals surface area contributed by atoms with Crippen LogP contribution >= 0.6 is 15.9 Å². The number of hydrogen-bond donors (Lipinski definition) is 1. The van der Waals surface area contributed by atoms with Crippen LogP contribution in [0, 0.1) is 17.3 Å². The minimum absolute atomic E-state index is 0.0789. The molecule has 0 aliphatic rings. The van der Waals surface area contributed by atoms with Crippen LogP contribution in [0.3, 0.4) is 0 Å². The highest BCUT2D eigenvalue weighted by Gasteiger charge is 2.08. The molecule has 0 saturated heterocycles. The van der Waals surface area contributed by atoms with Crippen LogP contribution in [0.25, 0.3) is 0 Å². The van der Waals surface area contributed by atoms with Crippen molar-refractivity contribution in [2.45, 2.75) is 33.2 Å². The SMILES string of the molecule is CNC(CC#CC(C)(C)C)c1cccc(Br)c1. The predicted molar refractivity (Wildman–Crippen MR) is 77.8 cm³/mol. The van der Waals surface area contributed by atoms with E-state index in [1.807, 2.05) is 13.1 Å². The Hall–Kier alpha value is -0.780. The first-order chi connectivity index (χ1) is 7.92. The Bertz CT molecular complexity index is 421. The minimum atomic E-state index is 0.0789. The van der Waals surface area contributed by atoms with Crippen LogP contribution in [0.2, 0.25) is 0 Å². The monoisotopic (exact) mass is 293 g/mol. The van der Waals surface area contributed by atoms with Gasteiger partial charge < -0.3 is 5.32 Å². The topological polar surface area (TPSA) is 12.0 Å². The van der Waals surface area contributed by atoms with Gasteiger partial charge in [-0.3, -0.25) is 0 Å². The first-order valence-corrected chi connectivity index (χ1v) is 6.64. The van der Waals surface area contributed by atoms with E-state index in [2.05, 4.69) is 72.1 Å². The minimum Gasteiger partial charge on any atom is -0.312 e. The van der Waals surface area contributed by atoms with Gasteiger partial charge in [-0.1, -0.05) is 34.0 Å². The van der Waals surface area contributed by atoms with Gasteiger partial charge in [0.15, 0.2) is 0 Å². The van der Waals surface area contributed by atoms with E-state index in [-0.39, 0.29) is 5.41 Å². The second-order valence-corrected chi connectivity index (χ2v) is 6.07. The Balaban J connectivity index is 2.75. The van der Waals surface area contributed by atoms with E-state index >= 15 is 0 Å². The standard InChI is InChI=1S/C15H20BrN/c1-15(2,3)10-6-9-14(17-4)12-7-5-8-13(16)11-12/h5,7-8,11,14,17H,9H2,1-4H3. The van der Waals surface area contributed by atoms with Crippen LogP contribution in [0.4, 0.5) is 0 Å². The van der Waals surface area contributed by atoms with Crippen LogP contribution in [0.5, 0.6) is 0 Å². The molecule has 0 amide bonds. The Kier molecular flexibility index (Phi) is 5.24. The second-order valence-electron chi connectivity index (χ2n) is 5.15. The van der Waals surface area contributed by atoms with Crippen molar-refractivity contribution in [3.05, 3.63) is 34.3 Å². The van der Waals surface area contributed by atoms with Gasteiger partial charge in [0.2, 0.25) is 0 Å². The lowest BCUT2D eigenvalue weighted by molar-refractivity contribution is 0.566. The van der Waals surface area contributed by atoms with Gasteiger partial charge in [-0.05, 0) is 45.5 Å². The van der Waals surface area contributed by atoms with Crippen molar-refractivity contribution in [3.8, 4) is 11.8 Å². The fourth-order valence-electron chi connectivity index (χ4n) is 1.53. The zero-order valence-corrected chi connectivity index (χ0v) is 12.6. The van der Waals surface area contributed by atoms with Gasteiger partial charge in [-0.25, -0.2) is 0 Å². The zero-order valence-electron chi connectivity index (χ0n) is 11.0. The molecule has 0 heterocycles. The molecule has 1 unspecified atom stereocenters. The molecule has 0 spiro atoms. The maximum atomic E-state index is 3.50. The smallest absolute Gasteiger partial charge is 0.0428 e. The molecule has 2 heteroatoms. The van der Waals surface area contributed by atoms with Gasteiger partial charge in [-0.15, -0.1) is 5.92 Å². The molecule has 1 aromatic carbocycles. The van der Waals surface area contributed by atoms with E-state index in [0.717, 1.165) is 10.9 Å². The van der Waals surface area contributed by atoms with E-state index in [0.29, 0.717) is 6.04 Å². The number of rotatable bonds is 3. The number of halogens is 1. The lowest BCUT2D eigenvalue weighted by Crippen LogP contribution is -2.15. The maximum Gasteiger partial charge on any atom is 0.0428 e. The molecule has 0 aliphatic heterocycles. The lowest BCUT2D eigenvalue weighted by Gasteiger charge is -2.14. The van der Waals surface area contributed by atoms with Gasteiger partial charge in [0.05, 0.1) is 0 Å². The summed E-state index contributed by atoms with van der Waals surface area (Å²) in [5.41, 5.74) is 1.35. The number of benzene rings is 1. The summed E-state index contributed by atoms with van der Waals surface area (Å²) < 4.78 is 1.11. The van der Waals surface area contributed by atoms with Gasteiger partial charge >= 0.3 is 0 Å². The van der Waals surface area contributed by atoms with E-state index in [1.165, 1.54) is 5.56 Å². The third-order valence-corrected chi connectivity index (χ3v) is 2.86. The summed E-state index contributed by atoms with van der Waals surface area (Å²) in [4.78, 5) is 0. The van der Waals surface area contributed by atoms with Gasteiger partial charge in [0.1, 0.15) is 0 Å². The molecule has 1 rings (SSSR count). The molecular weight excluding hydrogens is 274 g/mol. The zero-order chi connectivity index (χ0) is 12.9. The molecular formula is C15H20BrN. The van der Waals surface area contributed by atoms with E-state index < -0.39 is 0 Å². The van der Waals surface area contributed by atoms with Gasteiger partial charge in [0, 0.05) is 22.4 Å². The van der Waals surface area contributed by atoms with Gasteiger partial charge in [-0.2, -0.15) is 0 Å². The van der Waals surface area contributed by atoms with Crippen molar-refractivity contribution in [1.82, 2.24) is 5.32 Å². The average molecular weight is 294 g/mol. The molecule has 0 fully saturated rings. The van der Waals surface area contributed by atoms with Crippen LogP contribution in [0.1, 0.15) is 38.8 Å². The van der Waals surface area contributed by atoms with E-state index in [9.17, 15) is 0 Å². The summed E-state index contributed by atoms with van der Waals surface area (Å²) in [6.45, 7) is 6.40. The highest BCUT2D eigenvalue weighted by molar-refractivity contribution is 9.10. The highest BCUT2D eigenvalue weighted by Crippen LogP contribution is 2.20. The molecule has 17 heavy (non-hydrogen) atoms. The summed E-state index contributed by atoms with van der Waals surface area (Å²) >= 11 is 3.50. The molecule has 1 N–H and O–H groups in total. The molecule has 1 nitrogen and oxygen atoms in total. The number of hydrogen-bond acceptors (Lipinski definition) is 1. The second kappa shape index (κ2) is 6.23. The van der Waals surface area contributed by atoms with Crippen LogP contribution in [0.15, 0.2) is 28.7 Å². The van der Waals surface area contributed by atoms with Crippen LogP contribution in [-0.4, -0.2) is 7.05 Å². The van der Waals surface area contributed by atoms with Crippen molar-refractivity contribution in [3.63, 3.8) is 0 Å². The first-order valence-electron chi connectivity index (χ1n) is 5.85. The average Bonchev–Trinajstić information content (AvgIpc) is 2.23.